The van der Waals surface area contributed by atoms with Crippen LogP contribution < -0.4 is 5.32 Å². The molecule has 0 saturated carbocycles. The minimum Gasteiger partial charge on any atom is -0.444 e. The molecule has 0 radical (unpaired) electrons. The summed E-state index contributed by atoms with van der Waals surface area (Å²) in [6.45, 7) is 6.24. The molecule has 2 heterocycles. The zero-order valence-electron chi connectivity index (χ0n) is 14.2. The summed E-state index contributed by atoms with van der Waals surface area (Å²) < 4.78 is 5.41. The van der Waals surface area contributed by atoms with E-state index in [2.05, 4.69) is 5.32 Å². The number of rotatable bonds is 2. The van der Waals surface area contributed by atoms with E-state index in [4.69, 9.17) is 4.74 Å². The summed E-state index contributed by atoms with van der Waals surface area (Å²) in [4.78, 5) is 39.8. The lowest BCUT2D eigenvalue weighted by Gasteiger charge is -2.31. The lowest BCUT2D eigenvalue weighted by molar-refractivity contribution is -0.139. The summed E-state index contributed by atoms with van der Waals surface area (Å²) in [6, 6.07) is -0.590. The molecule has 0 bridgehead atoms. The van der Waals surface area contributed by atoms with Crippen molar-refractivity contribution in [1.29, 1.82) is 0 Å². The highest BCUT2D eigenvalue weighted by Gasteiger charge is 2.45. The Balaban J connectivity index is 2.17. The van der Waals surface area contributed by atoms with Gasteiger partial charge in [-0.25, -0.2) is 4.79 Å². The van der Waals surface area contributed by atoms with Crippen molar-refractivity contribution in [2.24, 2.45) is 5.92 Å². The van der Waals surface area contributed by atoms with E-state index in [9.17, 15) is 14.4 Å². The Morgan fingerprint density at radius 2 is 2.09 bits per heavy atom. The smallest absolute Gasteiger partial charge is 0.410 e. The molecule has 0 aromatic rings. The van der Waals surface area contributed by atoms with Gasteiger partial charge in [-0.05, 0) is 27.2 Å². The average Bonchev–Trinajstić information content (AvgIpc) is 2.81. The van der Waals surface area contributed by atoms with Crippen LogP contribution in [0.2, 0.25) is 0 Å². The van der Waals surface area contributed by atoms with Crippen LogP contribution in [0.25, 0.3) is 0 Å². The normalized spacial score (nSPS) is 24.3. The molecule has 1 fully saturated rings. The summed E-state index contributed by atoms with van der Waals surface area (Å²) in [5.74, 6) is -0.455. The molecular formula is C16H25N3O4. The van der Waals surface area contributed by atoms with Gasteiger partial charge in [0.2, 0.25) is 11.8 Å². The summed E-state index contributed by atoms with van der Waals surface area (Å²) >= 11 is 0. The van der Waals surface area contributed by atoms with Gasteiger partial charge in [-0.2, -0.15) is 0 Å². The van der Waals surface area contributed by atoms with Crippen LogP contribution in [0.5, 0.6) is 0 Å². The largest absolute Gasteiger partial charge is 0.444 e. The fraction of sp³-hybridized carbons (Fsp3) is 0.688. The van der Waals surface area contributed by atoms with E-state index in [-0.39, 0.29) is 24.3 Å². The maximum atomic E-state index is 12.8. The molecule has 0 spiro atoms. The van der Waals surface area contributed by atoms with Gasteiger partial charge in [0, 0.05) is 26.1 Å². The van der Waals surface area contributed by atoms with Crippen molar-refractivity contribution in [3.63, 3.8) is 0 Å². The van der Waals surface area contributed by atoms with Gasteiger partial charge >= 0.3 is 6.09 Å². The number of likely N-dealkylation sites (tertiary alicyclic amines) is 1. The zero-order valence-corrected chi connectivity index (χ0v) is 14.2. The van der Waals surface area contributed by atoms with Gasteiger partial charge in [0.05, 0.1) is 6.54 Å². The van der Waals surface area contributed by atoms with E-state index in [0.717, 1.165) is 6.42 Å². The Morgan fingerprint density at radius 1 is 1.39 bits per heavy atom. The molecule has 1 saturated heterocycles. The molecule has 2 atom stereocenters. The third kappa shape index (κ3) is 4.03. The van der Waals surface area contributed by atoms with Crippen LogP contribution in [-0.2, 0) is 14.3 Å². The van der Waals surface area contributed by atoms with Crippen LogP contribution in [0.4, 0.5) is 4.79 Å². The van der Waals surface area contributed by atoms with Crippen LogP contribution >= 0.6 is 0 Å². The Hall–Kier alpha value is -2.05. The summed E-state index contributed by atoms with van der Waals surface area (Å²) in [5, 5.41) is 2.52. The number of fused-ring (bicyclic) bond motifs is 1. The van der Waals surface area contributed by atoms with Gasteiger partial charge in [0.1, 0.15) is 11.6 Å². The molecular weight excluding hydrogens is 298 g/mol. The number of carbonyl (C=O) groups is 3. The number of likely N-dealkylation sites (N-methyl/N-ethyl adjacent to an activating group) is 1. The fourth-order valence-electron chi connectivity index (χ4n) is 2.89. The molecule has 3 amide bonds. The first kappa shape index (κ1) is 17.3. The molecule has 2 aliphatic rings. The Morgan fingerprint density at radius 3 is 2.70 bits per heavy atom. The van der Waals surface area contributed by atoms with Crippen molar-refractivity contribution in [2.75, 3.05) is 26.7 Å². The fourth-order valence-corrected chi connectivity index (χ4v) is 2.89. The second-order valence-electron chi connectivity index (χ2n) is 6.89. The molecule has 0 unspecified atom stereocenters. The molecule has 0 aromatic carbocycles. The first-order chi connectivity index (χ1) is 10.7. The van der Waals surface area contributed by atoms with Crippen LogP contribution in [-0.4, -0.2) is 66.0 Å². The lowest BCUT2D eigenvalue weighted by atomic mass is 10.00. The van der Waals surface area contributed by atoms with E-state index in [1.54, 1.807) is 20.8 Å². The topological polar surface area (TPSA) is 79.0 Å². The lowest BCUT2D eigenvalue weighted by Crippen LogP contribution is -2.51. The molecule has 128 valence electrons. The van der Waals surface area contributed by atoms with Crippen molar-refractivity contribution in [2.45, 2.75) is 38.8 Å². The zero-order chi connectivity index (χ0) is 17.2. The van der Waals surface area contributed by atoms with Crippen LogP contribution in [0.1, 0.15) is 27.2 Å². The predicted octanol–water partition coefficient (Wildman–Crippen LogP) is 0.756. The Kier molecular flexibility index (Phi) is 4.97. The molecule has 0 aromatic heterocycles. The molecule has 0 aliphatic carbocycles. The molecule has 7 nitrogen and oxygen atoms in total. The predicted molar refractivity (Wildman–Crippen MR) is 84.6 cm³/mol. The van der Waals surface area contributed by atoms with Gasteiger partial charge in [0.25, 0.3) is 0 Å². The minimum absolute atomic E-state index is 0.00888. The van der Waals surface area contributed by atoms with E-state index >= 15 is 0 Å². The number of hydrogen-bond acceptors (Lipinski definition) is 4. The number of ether oxygens (including phenoxy) is 1. The van der Waals surface area contributed by atoms with Crippen molar-refractivity contribution < 1.29 is 19.1 Å². The first-order valence-electron chi connectivity index (χ1n) is 7.88. The molecule has 23 heavy (non-hydrogen) atoms. The number of hydrogen-bond donors (Lipinski definition) is 1. The molecule has 2 rings (SSSR count). The quantitative estimate of drug-likeness (QED) is 0.761. The number of nitrogens with zero attached hydrogens (tertiary/aromatic N) is 2. The summed E-state index contributed by atoms with van der Waals surface area (Å²) in [5.41, 5.74) is -0.611. The number of nitrogens with one attached hydrogen (secondary N) is 1. The van der Waals surface area contributed by atoms with Gasteiger partial charge in [-0.3, -0.25) is 14.5 Å². The summed E-state index contributed by atoms with van der Waals surface area (Å²) in [6.07, 6.45) is 4.11. The van der Waals surface area contributed by atoms with E-state index in [1.807, 2.05) is 12.2 Å². The second-order valence-corrected chi connectivity index (χ2v) is 6.89. The second kappa shape index (κ2) is 6.60. The monoisotopic (exact) mass is 323 g/mol. The number of amides is 3. The van der Waals surface area contributed by atoms with Crippen LogP contribution in [0.15, 0.2) is 12.2 Å². The highest BCUT2D eigenvalue weighted by molar-refractivity contribution is 5.90. The molecule has 1 N–H and O–H groups in total. The van der Waals surface area contributed by atoms with Crippen molar-refractivity contribution >= 4 is 17.9 Å². The first-order valence-corrected chi connectivity index (χ1v) is 7.88. The Bertz CT molecular complexity index is 524. The maximum absolute atomic E-state index is 12.8. The van der Waals surface area contributed by atoms with Gasteiger partial charge in [-0.15, -0.1) is 0 Å². The van der Waals surface area contributed by atoms with Crippen molar-refractivity contribution in [3.8, 4) is 0 Å². The molecule has 2 aliphatic heterocycles. The van der Waals surface area contributed by atoms with Crippen molar-refractivity contribution in [1.82, 2.24) is 15.1 Å². The number of carbonyl (C=O) groups excluding carboxylic acids is 3. The maximum Gasteiger partial charge on any atom is 0.410 e. The van der Waals surface area contributed by atoms with E-state index in [0.29, 0.717) is 13.1 Å². The Labute approximate surface area is 136 Å². The van der Waals surface area contributed by atoms with E-state index in [1.165, 1.54) is 16.8 Å². The highest BCUT2D eigenvalue weighted by atomic mass is 16.6. The van der Waals surface area contributed by atoms with Crippen LogP contribution in [0, 0.1) is 5.92 Å². The average molecular weight is 323 g/mol. The third-order valence-corrected chi connectivity index (χ3v) is 3.96. The highest BCUT2D eigenvalue weighted by Crippen LogP contribution is 2.30. The van der Waals surface area contributed by atoms with E-state index < -0.39 is 17.7 Å². The summed E-state index contributed by atoms with van der Waals surface area (Å²) in [7, 11) is 1.53. The van der Waals surface area contributed by atoms with Gasteiger partial charge in [-0.1, -0.05) is 12.2 Å². The van der Waals surface area contributed by atoms with Gasteiger partial charge < -0.3 is 15.0 Å². The standard InChI is InChI=1S/C16H25N3O4/c1-16(2,3)23-15(22)19-9-7-11-6-5-8-18(10-12(20)17-4)14(21)13(11)19/h5-6,11,13H,7-10H2,1-4H3,(H,17,20)/t11-,13-/m0/s1. The third-order valence-electron chi connectivity index (χ3n) is 3.96. The SMILES string of the molecule is CNC(=O)CN1CC=C[C@H]2CCN(C(=O)OC(C)(C)C)[C@@H]2C1=O. The van der Waals surface area contributed by atoms with Crippen LogP contribution in [0.3, 0.4) is 0 Å². The van der Waals surface area contributed by atoms with Gasteiger partial charge in [0.15, 0.2) is 0 Å². The molecule has 7 heteroatoms. The minimum atomic E-state index is -0.611. The van der Waals surface area contributed by atoms with Crippen molar-refractivity contribution in [3.05, 3.63) is 12.2 Å².